The van der Waals surface area contributed by atoms with Crippen molar-refractivity contribution in [1.82, 2.24) is 20.1 Å². The smallest absolute Gasteiger partial charge is 0.230 e. The summed E-state index contributed by atoms with van der Waals surface area (Å²) in [6.45, 7) is 8.43. The third kappa shape index (κ3) is 5.58. The molecule has 0 radical (unpaired) electrons. The lowest BCUT2D eigenvalue weighted by Crippen LogP contribution is -2.28. The van der Waals surface area contributed by atoms with Gasteiger partial charge in [0.1, 0.15) is 0 Å². The highest BCUT2D eigenvalue weighted by Crippen LogP contribution is 2.25. The minimum atomic E-state index is -0.0647. The summed E-state index contributed by atoms with van der Waals surface area (Å²) in [6, 6.07) is 16.0. The van der Waals surface area contributed by atoms with E-state index in [1.54, 1.807) is 0 Å². The number of thioether (sulfide) groups is 1. The highest BCUT2D eigenvalue weighted by Gasteiger charge is 2.16. The third-order valence-corrected chi connectivity index (χ3v) is 5.88. The number of halogens is 1. The van der Waals surface area contributed by atoms with E-state index in [-0.39, 0.29) is 17.7 Å². The van der Waals surface area contributed by atoms with Crippen molar-refractivity contribution in [3.05, 3.63) is 76.8 Å². The molecule has 2 aromatic carbocycles. The lowest BCUT2D eigenvalue weighted by Gasteiger charge is -2.14. The monoisotopic (exact) mass is 470 g/mol. The second-order valence-electron chi connectivity index (χ2n) is 6.70. The van der Waals surface area contributed by atoms with Crippen molar-refractivity contribution in [2.75, 3.05) is 5.75 Å². The molecule has 1 aromatic heterocycles. The lowest BCUT2D eigenvalue weighted by atomic mass is 10.1. The number of carbonyl (C=O) groups excluding carboxylic acids is 1. The molecule has 1 heterocycles. The Bertz CT molecular complexity index is 1000. The van der Waals surface area contributed by atoms with Crippen LogP contribution in [-0.4, -0.2) is 26.4 Å². The van der Waals surface area contributed by atoms with Crippen LogP contribution in [-0.2, 0) is 11.3 Å². The first-order valence-corrected chi connectivity index (χ1v) is 11.0. The molecule has 1 N–H and O–H groups in total. The van der Waals surface area contributed by atoms with Crippen molar-refractivity contribution in [2.45, 2.75) is 31.6 Å². The summed E-state index contributed by atoms with van der Waals surface area (Å²) >= 11 is 4.80. The molecular weight excluding hydrogens is 448 g/mol. The van der Waals surface area contributed by atoms with Crippen LogP contribution in [0.1, 0.15) is 24.1 Å². The van der Waals surface area contributed by atoms with Crippen molar-refractivity contribution in [3.63, 3.8) is 0 Å². The van der Waals surface area contributed by atoms with Gasteiger partial charge in [0, 0.05) is 16.6 Å². The highest BCUT2D eigenvalue weighted by molar-refractivity contribution is 9.10. The number of rotatable bonds is 8. The first-order valence-electron chi connectivity index (χ1n) is 9.26. The number of benzene rings is 2. The summed E-state index contributed by atoms with van der Waals surface area (Å²) in [6.07, 6.45) is 1.81. The van der Waals surface area contributed by atoms with E-state index in [0.717, 1.165) is 27.0 Å². The average molecular weight is 471 g/mol. The minimum Gasteiger partial charge on any atom is -0.349 e. The number of aryl methyl sites for hydroxylation is 1. The first-order chi connectivity index (χ1) is 14.0. The average Bonchev–Trinajstić information content (AvgIpc) is 3.10. The fourth-order valence-electron chi connectivity index (χ4n) is 2.93. The summed E-state index contributed by atoms with van der Waals surface area (Å²) in [4.78, 5) is 12.4. The summed E-state index contributed by atoms with van der Waals surface area (Å²) in [7, 11) is 0. The van der Waals surface area contributed by atoms with E-state index in [1.165, 1.54) is 11.8 Å². The normalized spacial score (nSPS) is 11.8. The van der Waals surface area contributed by atoms with Crippen LogP contribution in [0.25, 0.3) is 11.4 Å². The number of hydrogen-bond donors (Lipinski definition) is 1. The topological polar surface area (TPSA) is 59.8 Å². The Morgan fingerprint density at radius 2 is 2.03 bits per heavy atom. The molecule has 1 atom stereocenters. The molecule has 0 saturated heterocycles. The predicted molar refractivity (Wildman–Crippen MR) is 122 cm³/mol. The first kappa shape index (κ1) is 21.3. The maximum absolute atomic E-state index is 12.4. The van der Waals surface area contributed by atoms with E-state index in [4.69, 9.17) is 0 Å². The molecule has 0 aliphatic carbocycles. The standard InChI is InChI=1S/C22H23BrN4OS/c1-4-12-27-21(18-7-5-6-15(2)13-18)25-26-22(27)29-14-20(28)24-16(3)17-8-10-19(23)11-9-17/h4-11,13,16H,1,12,14H2,2-3H3,(H,24,28). The lowest BCUT2D eigenvalue weighted by molar-refractivity contribution is -0.119. The maximum Gasteiger partial charge on any atom is 0.230 e. The van der Waals surface area contributed by atoms with Crippen molar-refractivity contribution in [2.24, 2.45) is 0 Å². The number of nitrogens with zero attached hydrogens (tertiary/aromatic N) is 3. The number of carbonyl (C=O) groups is 1. The second kappa shape index (κ2) is 9.89. The highest BCUT2D eigenvalue weighted by atomic mass is 79.9. The molecule has 3 rings (SSSR count). The Balaban J connectivity index is 1.67. The molecule has 1 amide bonds. The Morgan fingerprint density at radius 1 is 1.28 bits per heavy atom. The van der Waals surface area contributed by atoms with E-state index >= 15 is 0 Å². The van der Waals surface area contributed by atoms with Crippen LogP contribution in [0.4, 0.5) is 0 Å². The molecule has 7 heteroatoms. The molecule has 29 heavy (non-hydrogen) atoms. The van der Waals surface area contributed by atoms with Crippen LogP contribution >= 0.6 is 27.7 Å². The van der Waals surface area contributed by atoms with E-state index in [1.807, 2.05) is 67.0 Å². The van der Waals surface area contributed by atoms with Gasteiger partial charge in [0.2, 0.25) is 5.91 Å². The molecule has 150 valence electrons. The fraction of sp³-hybridized carbons (Fsp3) is 0.227. The van der Waals surface area contributed by atoms with Crippen LogP contribution in [0.15, 0.2) is 70.8 Å². The SMILES string of the molecule is C=CCn1c(SCC(=O)NC(C)c2ccc(Br)cc2)nnc1-c1cccc(C)c1. The van der Waals surface area contributed by atoms with Gasteiger partial charge in [0.05, 0.1) is 11.8 Å². The summed E-state index contributed by atoms with van der Waals surface area (Å²) in [5, 5.41) is 12.4. The molecular formula is C22H23BrN4OS. The minimum absolute atomic E-state index is 0.0457. The van der Waals surface area contributed by atoms with Crippen molar-refractivity contribution < 1.29 is 4.79 Å². The Kier molecular flexibility index (Phi) is 7.28. The van der Waals surface area contributed by atoms with Gasteiger partial charge in [-0.05, 0) is 37.6 Å². The number of aromatic nitrogens is 3. The molecule has 0 aliphatic heterocycles. The van der Waals surface area contributed by atoms with Gasteiger partial charge in [0.25, 0.3) is 0 Å². The van der Waals surface area contributed by atoms with Crippen molar-refractivity contribution in [3.8, 4) is 11.4 Å². The van der Waals surface area contributed by atoms with Gasteiger partial charge in [0.15, 0.2) is 11.0 Å². The van der Waals surface area contributed by atoms with Crippen LogP contribution in [0, 0.1) is 6.92 Å². The van der Waals surface area contributed by atoms with Crippen LogP contribution in [0.5, 0.6) is 0 Å². The van der Waals surface area contributed by atoms with Gasteiger partial charge >= 0.3 is 0 Å². The van der Waals surface area contributed by atoms with Gasteiger partial charge in [-0.1, -0.05) is 69.7 Å². The Morgan fingerprint density at radius 3 is 2.72 bits per heavy atom. The van der Waals surface area contributed by atoms with E-state index < -0.39 is 0 Å². The summed E-state index contributed by atoms with van der Waals surface area (Å²) < 4.78 is 3.00. The molecule has 0 aliphatic rings. The predicted octanol–water partition coefficient (Wildman–Crippen LogP) is 5.17. The molecule has 0 saturated carbocycles. The molecule has 0 fully saturated rings. The van der Waals surface area contributed by atoms with Gasteiger partial charge < -0.3 is 5.32 Å². The molecule has 0 spiro atoms. The van der Waals surface area contributed by atoms with E-state index in [2.05, 4.69) is 44.1 Å². The Labute approximate surface area is 183 Å². The third-order valence-electron chi connectivity index (χ3n) is 4.38. The van der Waals surface area contributed by atoms with Gasteiger partial charge in [-0.25, -0.2) is 0 Å². The molecule has 1 unspecified atom stereocenters. The molecule has 3 aromatic rings. The van der Waals surface area contributed by atoms with Crippen molar-refractivity contribution in [1.29, 1.82) is 0 Å². The molecule has 0 bridgehead atoms. The van der Waals surface area contributed by atoms with Gasteiger partial charge in [-0.2, -0.15) is 0 Å². The van der Waals surface area contributed by atoms with Crippen LogP contribution < -0.4 is 5.32 Å². The largest absolute Gasteiger partial charge is 0.349 e. The van der Waals surface area contributed by atoms with E-state index in [0.29, 0.717) is 11.7 Å². The summed E-state index contributed by atoms with van der Waals surface area (Å²) in [5.74, 6) is 1.000. The number of hydrogen-bond acceptors (Lipinski definition) is 4. The number of allylic oxidation sites excluding steroid dienone is 1. The Hall–Kier alpha value is -2.38. The zero-order valence-corrected chi connectivity index (χ0v) is 18.8. The molecule has 5 nitrogen and oxygen atoms in total. The van der Waals surface area contributed by atoms with Gasteiger partial charge in [-0.3, -0.25) is 9.36 Å². The number of nitrogens with one attached hydrogen (secondary N) is 1. The van der Waals surface area contributed by atoms with E-state index in [9.17, 15) is 4.79 Å². The van der Waals surface area contributed by atoms with Gasteiger partial charge in [-0.15, -0.1) is 16.8 Å². The summed E-state index contributed by atoms with van der Waals surface area (Å²) in [5.41, 5.74) is 3.22. The number of amides is 1. The fourth-order valence-corrected chi connectivity index (χ4v) is 3.96. The zero-order valence-electron chi connectivity index (χ0n) is 16.4. The van der Waals surface area contributed by atoms with Crippen molar-refractivity contribution >= 4 is 33.6 Å². The van der Waals surface area contributed by atoms with Crippen LogP contribution in [0.2, 0.25) is 0 Å². The quantitative estimate of drug-likeness (QED) is 0.364. The maximum atomic E-state index is 12.4. The second-order valence-corrected chi connectivity index (χ2v) is 8.56. The van der Waals surface area contributed by atoms with Crippen LogP contribution in [0.3, 0.4) is 0 Å². The zero-order chi connectivity index (χ0) is 20.8.